The molecule has 2 aliphatic rings. The van der Waals surface area contributed by atoms with Crippen LogP contribution in [0.1, 0.15) is 23.7 Å². The highest BCUT2D eigenvalue weighted by atomic mass is 15.5. The predicted molar refractivity (Wildman–Crippen MR) is 95.3 cm³/mol. The summed E-state index contributed by atoms with van der Waals surface area (Å²) in [4.78, 5) is 8.85. The van der Waals surface area contributed by atoms with Crippen molar-refractivity contribution in [1.29, 1.82) is 0 Å². The molecule has 0 saturated heterocycles. The number of para-hydroxylation sites is 1. The maximum atomic E-state index is 4.59. The molecule has 1 unspecified atom stereocenters. The lowest BCUT2D eigenvalue weighted by Crippen LogP contribution is -2.40. The maximum Gasteiger partial charge on any atom is 0.235 e. The van der Waals surface area contributed by atoms with Crippen LogP contribution in [0.25, 0.3) is 0 Å². The molecule has 1 aromatic heterocycles. The molecule has 0 saturated carbocycles. The van der Waals surface area contributed by atoms with Crippen molar-refractivity contribution in [2.24, 2.45) is 15.2 Å². The zero-order chi connectivity index (χ0) is 16.5. The number of aliphatic imine (C=N–C) groups is 1. The first-order chi connectivity index (χ1) is 11.7. The molecular weight excluding hydrogens is 302 g/mol. The Morgan fingerprint density at radius 1 is 1.21 bits per heavy atom. The Bertz CT molecular complexity index is 868. The number of nitrogens with one attached hydrogen (secondary N) is 3. The molecule has 0 amide bonds. The minimum Gasteiger partial charge on any atom is -0.358 e. The van der Waals surface area contributed by atoms with Crippen LogP contribution in [-0.2, 0) is 0 Å². The van der Waals surface area contributed by atoms with E-state index in [0.29, 0.717) is 5.96 Å². The Labute approximate surface area is 139 Å². The van der Waals surface area contributed by atoms with Crippen LogP contribution in [0.15, 0.2) is 57.8 Å². The number of anilines is 1. The van der Waals surface area contributed by atoms with Crippen LogP contribution in [-0.4, -0.2) is 28.5 Å². The zero-order valence-electron chi connectivity index (χ0n) is 13.4. The molecule has 0 fully saturated rings. The zero-order valence-corrected chi connectivity index (χ0v) is 13.4. The van der Waals surface area contributed by atoms with Crippen molar-refractivity contribution in [3.63, 3.8) is 0 Å². The molecule has 4 rings (SSSR count). The lowest BCUT2D eigenvalue weighted by molar-refractivity contribution is 0.824. The topological polar surface area (TPSA) is 86.1 Å². The molecule has 0 aliphatic carbocycles. The quantitative estimate of drug-likeness (QED) is 0.582. The van der Waals surface area contributed by atoms with Gasteiger partial charge in [-0.3, -0.25) is 4.98 Å². The summed E-state index contributed by atoms with van der Waals surface area (Å²) in [5.74, 6) is 0.497. The molecule has 7 heteroatoms. The van der Waals surface area contributed by atoms with Crippen molar-refractivity contribution in [3.05, 3.63) is 59.4 Å². The third-order valence-corrected chi connectivity index (χ3v) is 3.99. The largest absolute Gasteiger partial charge is 0.358 e. The van der Waals surface area contributed by atoms with Crippen molar-refractivity contribution in [2.45, 2.75) is 20.0 Å². The van der Waals surface area contributed by atoms with E-state index in [-0.39, 0.29) is 6.17 Å². The van der Waals surface area contributed by atoms with Crippen molar-refractivity contribution < 1.29 is 0 Å². The predicted octanol–water partition coefficient (Wildman–Crippen LogP) is 1.82. The number of benzene rings is 1. The van der Waals surface area contributed by atoms with Crippen LogP contribution in [0, 0.1) is 6.92 Å². The summed E-state index contributed by atoms with van der Waals surface area (Å²) in [5.41, 5.74) is 11.7. The summed E-state index contributed by atoms with van der Waals surface area (Å²) < 4.78 is 0. The molecule has 3 heterocycles. The van der Waals surface area contributed by atoms with Crippen LogP contribution in [0.2, 0.25) is 0 Å². The average molecular weight is 319 g/mol. The molecule has 2 aliphatic heterocycles. The number of aromatic nitrogens is 1. The normalized spacial score (nSPS) is 18.6. The molecule has 1 atom stereocenters. The first kappa shape index (κ1) is 14.4. The minimum atomic E-state index is -0.199. The van der Waals surface area contributed by atoms with Gasteiger partial charge in [0.2, 0.25) is 5.96 Å². The number of fused-ring (bicyclic) bond motifs is 3. The van der Waals surface area contributed by atoms with Crippen LogP contribution < -0.4 is 16.2 Å². The number of nitrogens with zero attached hydrogens (tertiary/aromatic N) is 4. The maximum absolute atomic E-state index is 4.59. The van der Waals surface area contributed by atoms with E-state index in [0.717, 1.165) is 28.4 Å². The smallest absolute Gasteiger partial charge is 0.235 e. The second-order valence-electron chi connectivity index (χ2n) is 5.65. The van der Waals surface area contributed by atoms with Gasteiger partial charge in [-0.15, -0.1) is 0 Å². The van der Waals surface area contributed by atoms with Gasteiger partial charge in [-0.25, -0.2) is 15.8 Å². The third-order valence-electron chi connectivity index (χ3n) is 3.99. The second kappa shape index (κ2) is 5.77. The summed E-state index contributed by atoms with van der Waals surface area (Å²) in [6.07, 6.45) is 1.54. The second-order valence-corrected chi connectivity index (χ2v) is 5.65. The Hall–Kier alpha value is -3.22. The number of hydrazone groups is 2. The number of hydrogen-bond donors (Lipinski definition) is 3. The Morgan fingerprint density at radius 3 is 2.96 bits per heavy atom. The highest BCUT2D eigenvalue weighted by Crippen LogP contribution is 2.30. The Morgan fingerprint density at radius 2 is 2.12 bits per heavy atom. The number of guanidine groups is 1. The van der Waals surface area contributed by atoms with E-state index in [1.165, 1.54) is 5.56 Å². The van der Waals surface area contributed by atoms with Gasteiger partial charge >= 0.3 is 0 Å². The fraction of sp³-hybridized carbons (Fsp3) is 0.176. The molecule has 1 aromatic carbocycles. The summed E-state index contributed by atoms with van der Waals surface area (Å²) in [6, 6.07) is 11.9. The Balaban J connectivity index is 1.51. The lowest BCUT2D eigenvalue weighted by Gasteiger charge is -2.16. The van der Waals surface area contributed by atoms with E-state index in [4.69, 9.17) is 0 Å². The number of aryl methyl sites for hydroxylation is 1. The SMILES string of the molecule is CC(=NNC1=NC2Nc3c(C)cccc3C2=NN1)c1ccccn1. The highest BCUT2D eigenvalue weighted by Gasteiger charge is 2.31. The van der Waals surface area contributed by atoms with E-state index >= 15 is 0 Å². The molecule has 0 spiro atoms. The van der Waals surface area contributed by atoms with Gasteiger partial charge in [-0.2, -0.15) is 10.2 Å². The highest BCUT2D eigenvalue weighted by molar-refractivity contribution is 6.16. The van der Waals surface area contributed by atoms with Crippen molar-refractivity contribution in [2.75, 3.05) is 5.32 Å². The molecule has 2 aromatic rings. The monoisotopic (exact) mass is 319 g/mol. The summed E-state index contributed by atoms with van der Waals surface area (Å²) in [5, 5.41) is 12.1. The minimum absolute atomic E-state index is 0.199. The fourth-order valence-corrected chi connectivity index (χ4v) is 2.74. The summed E-state index contributed by atoms with van der Waals surface area (Å²) >= 11 is 0. The molecule has 7 nitrogen and oxygen atoms in total. The number of pyridine rings is 1. The van der Waals surface area contributed by atoms with Crippen LogP contribution in [0.3, 0.4) is 0 Å². The first-order valence-corrected chi connectivity index (χ1v) is 7.72. The van der Waals surface area contributed by atoms with E-state index in [1.807, 2.05) is 37.3 Å². The molecule has 0 radical (unpaired) electrons. The van der Waals surface area contributed by atoms with Crippen LogP contribution in [0.4, 0.5) is 5.69 Å². The number of rotatable bonds is 2. The van der Waals surface area contributed by atoms with Gasteiger partial charge in [0.25, 0.3) is 0 Å². The molecule has 0 bridgehead atoms. The summed E-state index contributed by atoms with van der Waals surface area (Å²) in [6.45, 7) is 3.96. The van der Waals surface area contributed by atoms with Crippen LogP contribution in [0.5, 0.6) is 0 Å². The van der Waals surface area contributed by atoms with E-state index in [2.05, 4.69) is 49.3 Å². The van der Waals surface area contributed by atoms with Gasteiger partial charge in [-0.1, -0.05) is 24.3 Å². The van der Waals surface area contributed by atoms with Gasteiger partial charge < -0.3 is 5.32 Å². The fourth-order valence-electron chi connectivity index (χ4n) is 2.74. The molecular formula is C17H17N7. The van der Waals surface area contributed by atoms with Gasteiger partial charge in [0, 0.05) is 17.4 Å². The first-order valence-electron chi connectivity index (χ1n) is 7.72. The van der Waals surface area contributed by atoms with Gasteiger partial charge in [0.05, 0.1) is 11.4 Å². The van der Waals surface area contributed by atoms with Crippen molar-refractivity contribution in [3.8, 4) is 0 Å². The molecule has 24 heavy (non-hydrogen) atoms. The number of hydrogen-bond acceptors (Lipinski definition) is 7. The standard InChI is InChI=1S/C17H17N7/c1-10-6-5-7-12-14(10)19-16-15(12)22-24-17(20-16)23-21-11(2)13-8-3-4-9-18-13/h3-9,16,19H,1-2H3,(H2,20,23,24). The van der Waals surface area contributed by atoms with Gasteiger partial charge in [0.1, 0.15) is 5.71 Å². The van der Waals surface area contributed by atoms with Crippen molar-refractivity contribution >= 4 is 23.1 Å². The van der Waals surface area contributed by atoms with E-state index in [1.54, 1.807) is 6.20 Å². The Kier molecular flexibility index (Phi) is 3.45. The summed E-state index contributed by atoms with van der Waals surface area (Å²) in [7, 11) is 0. The van der Waals surface area contributed by atoms with Crippen LogP contribution >= 0.6 is 0 Å². The van der Waals surface area contributed by atoms with E-state index in [9.17, 15) is 0 Å². The van der Waals surface area contributed by atoms with E-state index < -0.39 is 0 Å². The van der Waals surface area contributed by atoms with Gasteiger partial charge in [-0.05, 0) is 31.5 Å². The molecule has 3 N–H and O–H groups in total. The van der Waals surface area contributed by atoms with Crippen molar-refractivity contribution in [1.82, 2.24) is 15.8 Å². The molecule has 120 valence electrons. The average Bonchev–Trinajstić information content (AvgIpc) is 3.00. The van der Waals surface area contributed by atoms with Gasteiger partial charge in [0.15, 0.2) is 6.17 Å². The lowest BCUT2D eigenvalue weighted by atomic mass is 10.1. The third kappa shape index (κ3) is 2.50.